The first-order valence-electron chi connectivity index (χ1n) is 14.4. The maximum absolute atomic E-state index is 13.3. The van der Waals surface area contributed by atoms with Crippen LogP contribution in [-0.2, 0) is 11.0 Å². The number of carbonyl (C=O) groups is 3. The Morgan fingerprint density at radius 1 is 0.881 bits per heavy atom. The highest BCUT2D eigenvalue weighted by atomic mass is 19.4. The molecule has 0 aromatic heterocycles. The molecule has 0 spiro atoms. The molecular formula is C31H40F3N5O3. The first-order valence-corrected chi connectivity index (χ1v) is 14.4. The number of hydrogen-bond acceptors (Lipinski definition) is 4. The van der Waals surface area contributed by atoms with Gasteiger partial charge in [0.25, 0.3) is 5.91 Å². The van der Waals surface area contributed by atoms with Crippen LogP contribution in [0.25, 0.3) is 11.1 Å². The van der Waals surface area contributed by atoms with Crippen molar-refractivity contribution in [1.29, 1.82) is 0 Å². The van der Waals surface area contributed by atoms with E-state index in [0.29, 0.717) is 49.2 Å². The molecule has 11 heteroatoms. The average Bonchev–Trinajstić information content (AvgIpc) is 3.64. The Kier molecular flexibility index (Phi) is 9.81. The molecule has 1 N–H and O–H groups in total. The number of alkyl halides is 3. The summed E-state index contributed by atoms with van der Waals surface area (Å²) in [5.41, 5.74) is 1.12. The van der Waals surface area contributed by atoms with Crippen molar-refractivity contribution in [2.24, 2.45) is 0 Å². The number of carbonyl (C=O) groups excluding carboxylic acids is 3. The quantitative estimate of drug-likeness (QED) is 0.492. The van der Waals surface area contributed by atoms with Gasteiger partial charge in [-0.2, -0.15) is 13.2 Å². The van der Waals surface area contributed by atoms with Crippen LogP contribution in [-0.4, -0.2) is 102 Å². The largest absolute Gasteiger partial charge is 0.416 e. The molecule has 8 nitrogen and oxygen atoms in total. The van der Waals surface area contributed by atoms with E-state index in [2.05, 4.69) is 10.2 Å². The highest BCUT2D eigenvalue weighted by Gasteiger charge is 2.36. The lowest BCUT2D eigenvalue weighted by molar-refractivity contribution is -0.137. The summed E-state index contributed by atoms with van der Waals surface area (Å²) >= 11 is 0. The number of rotatable bonds is 8. The molecule has 2 aliphatic rings. The lowest BCUT2D eigenvalue weighted by Gasteiger charge is -2.30. The predicted octanol–water partition coefficient (Wildman–Crippen LogP) is 4.56. The zero-order valence-corrected chi connectivity index (χ0v) is 24.7. The van der Waals surface area contributed by atoms with E-state index in [1.54, 1.807) is 46.0 Å². The molecular weight excluding hydrogens is 547 g/mol. The topological polar surface area (TPSA) is 76.2 Å². The number of urea groups is 1. The van der Waals surface area contributed by atoms with Gasteiger partial charge in [-0.15, -0.1) is 0 Å². The van der Waals surface area contributed by atoms with E-state index in [9.17, 15) is 27.6 Å². The van der Waals surface area contributed by atoms with Crippen molar-refractivity contribution in [3.63, 3.8) is 0 Å². The van der Waals surface area contributed by atoms with Gasteiger partial charge in [0.2, 0.25) is 5.91 Å². The standard InChI is InChI=1S/C31H40F3N5O3/c1-21(2)35-28(40)15-17-38-16-13-26(19-38)37(4)30(42)39-18-14-27(20-39)36(3)29(41)24-7-5-22(6-8-24)23-9-11-25(12-10-23)31(32,33)34/h5-12,21,26-27H,13-20H2,1-4H3,(H,35,40)/t26?,27-/m0/s1. The minimum Gasteiger partial charge on any atom is -0.354 e. The second-order valence-electron chi connectivity index (χ2n) is 11.6. The minimum absolute atomic E-state index is 0.0368. The summed E-state index contributed by atoms with van der Waals surface area (Å²) in [5.74, 6) is -0.135. The number of hydrogen-bond donors (Lipinski definition) is 1. The van der Waals surface area contributed by atoms with Crippen molar-refractivity contribution in [1.82, 2.24) is 24.9 Å². The van der Waals surface area contributed by atoms with Gasteiger partial charge in [0.1, 0.15) is 0 Å². The molecule has 2 atom stereocenters. The van der Waals surface area contributed by atoms with Crippen LogP contribution in [0.1, 0.15) is 49.0 Å². The summed E-state index contributed by atoms with van der Waals surface area (Å²) in [6.45, 7) is 7.12. The third-order valence-corrected chi connectivity index (χ3v) is 8.18. The Balaban J connectivity index is 1.27. The van der Waals surface area contributed by atoms with Crippen LogP contribution in [0.3, 0.4) is 0 Å². The van der Waals surface area contributed by atoms with Gasteiger partial charge in [-0.1, -0.05) is 24.3 Å². The second kappa shape index (κ2) is 13.1. The minimum atomic E-state index is -4.39. The van der Waals surface area contributed by atoms with Gasteiger partial charge in [0.15, 0.2) is 0 Å². The molecule has 2 aromatic rings. The Hall–Kier alpha value is -3.60. The number of nitrogens with zero attached hydrogens (tertiary/aromatic N) is 4. The number of nitrogens with one attached hydrogen (secondary N) is 1. The third kappa shape index (κ3) is 7.61. The zero-order chi connectivity index (χ0) is 30.6. The average molecular weight is 588 g/mol. The lowest BCUT2D eigenvalue weighted by Crippen LogP contribution is -2.47. The van der Waals surface area contributed by atoms with Gasteiger partial charge in [0.05, 0.1) is 11.6 Å². The molecule has 42 heavy (non-hydrogen) atoms. The van der Waals surface area contributed by atoms with Crippen LogP contribution < -0.4 is 5.32 Å². The van der Waals surface area contributed by atoms with Crippen LogP contribution in [0.2, 0.25) is 0 Å². The highest BCUT2D eigenvalue weighted by Crippen LogP contribution is 2.31. The first-order chi connectivity index (χ1) is 19.8. The van der Waals surface area contributed by atoms with Crippen LogP contribution in [0.5, 0.6) is 0 Å². The molecule has 2 aromatic carbocycles. The fourth-order valence-electron chi connectivity index (χ4n) is 5.62. The summed E-state index contributed by atoms with van der Waals surface area (Å²) in [5, 5.41) is 2.91. The van der Waals surface area contributed by atoms with Crippen molar-refractivity contribution in [3.05, 3.63) is 59.7 Å². The molecule has 0 saturated carbocycles. The Morgan fingerprint density at radius 3 is 2.05 bits per heavy atom. The molecule has 4 amide bonds. The van der Waals surface area contributed by atoms with Gasteiger partial charge in [-0.25, -0.2) is 4.79 Å². The normalized spacial score (nSPS) is 19.3. The van der Waals surface area contributed by atoms with E-state index >= 15 is 0 Å². The van der Waals surface area contributed by atoms with E-state index in [4.69, 9.17) is 0 Å². The summed E-state index contributed by atoms with van der Waals surface area (Å²) in [6.07, 6.45) is -2.42. The van der Waals surface area contributed by atoms with E-state index in [1.165, 1.54) is 12.1 Å². The van der Waals surface area contributed by atoms with E-state index in [-0.39, 0.29) is 36.0 Å². The maximum atomic E-state index is 13.3. The van der Waals surface area contributed by atoms with Crippen molar-refractivity contribution in [2.45, 2.75) is 57.4 Å². The molecule has 0 radical (unpaired) electrons. The molecule has 4 rings (SSSR count). The second-order valence-corrected chi connectivity index (χ2v) is 11.6. The van der Waals surface area contributed by atoms with E-state index < -0.39 is 11.7 Å². The summed E-state index contributed by atoms with van der Waals surface area (Å²) in [7, 11) is 3.56. The first kappa shape index (κ1) is 31.3. The fraction of sp³-hybridized carbons (Fsp3) is 0.516. The van der Waals surface area contributed by atoms with Crippen LogP contribution in [0.15, 0.2) is 48.5 Å². The number of halogens is 3. The van der Waals surface area contributed by atoms with Crippen LogP contribution in [0.4, 0.5) is 18.0 Å². The highest BCUT2D eigenvalue weighted by molar-refractivity contribution is 5.95. The molecule has 1 unspecified atom stereocenters. The van der Waals surface area contributed by atoms with Crippen molar-refractivity contribution in [2.75, 3.05) is 46.8 Å². The third-order valence-electron chi connectivity index (χ3n) is 8.18. The molecule has 2 aliphatic heterocycles. The van der Waals surface area contributed by atoms with E-state index in [1.807, 2.05) is 20.9 Å². The molecule has 0 bridgehead atoms. The van der Waals surface area contributed by atoms with Crippen LogP contribution in [0, 0.1) is 0 Å². The predicted molar refractivity (Wildman–Crippen MR) is 155 cm³/mol. The van der Waals surface area contributed by atoms with Gasteiger partial charge in [-0.3, -0.25) is 9.59 Å². The zero-order valence-electron chi connectivity index (χ0n) is 24.7. The number of benzene rings is 2. The van der Waals surface area contributed by atoms with Crippen molar-refractivity contribution in [3.8, 4) is 11.1 Å². The fourth-order valence-corrected chi connectivity index (χ4v) is 5.62. The van der Waals surface area contributed by atoms with E-state index in [0.717, 1.165) is 31.6 Å². The summed E-state index contributed by atoms with van der Waals surface area (Å²) in [4.78, 5) is 45.9. The van der Waals surface area contributed by atoms with Gasteiger partial charge >= 0.3 is 12.2 Å². The number of likely N-dealkylation sites (tertiary alicyclic amines) is 2. The number of amides is 4. The van der Waals surface area contributed by atoms with Crippen molar-refractivity contribution < 1.29 is 27.6 Å². The molecule has 0 aliphatic carbocycles. The maximum Gasteiger partial charge on any atom is 0.416 e. The Labute approximate surface area is 245 Å². The molecule has 2 saturated heterocycles. The summed E-state index contributed by atoms with van der Waals surface area (Å²) < 4.78 is 38.6. The SMILES string of the molecule is CC(C)NC(=O)CCN1CCC(N(C)C(=O)N2CC[C@H](N(C)C(=O)c3ccc(-c4ccc(C(F)(F)F)cc4)cc3)C2)C1. The Morgan fingerprint density at radius 2 is 1.45 bits per heavy atom. The van der Waals surface area contributed by atoms with Gasteiger partial charge < -0.3 is 24.9 Å². The monoisotopic (exact) mass is 587 g/mol. The van der Waals surface area contributed by atoms with Gasteiger partial charge in [-0.05, 0) is 62.1 Å². The molecule has 2 heterocycles. The van der Waals surface area contributed by atoms with Gasteiger partial charge in [0, 0.05) is 70.9 Å². The molecule has 2 fully saturated rings. The van der Waals surface area contributed by atoms with Crippen molar-refractivity contribution >= 4 is 17.8 Å². The Bertz CT molecular complexity index is 1250. The number of likely N-dealkylation sites (N-methyl/N-ethyl adjacent to an activating group) is 2. The smallest absolute Gasteiger partial charge is 0.354 e. The van der Waals surface area contributed by atoms with Crippen LogP contribution >= 0.6 is 0 Å². The lowest BCUT2D eigenvalue weighted by atomic mass is 10.0. The summed E-state index contributed by atoms with van der Waals surface area (Å²) in [6, 6.07) is 11.8. The molecule has 228 valence electrons.